The molecule has 1 N–H and O–H groups in total. The smallest absolute Gasteiger partial charge is 0.0669 e. The second-order valence-electron chi connectivity index (χ2n) is 5.28. The van der Waals surface area contributed by atoms with E-state index in [2.05, 4.69) is 49.8 Å². The van der Waals surface area contributed by atoms with E-state index in [9.17, 15) is 0 Å². The molecule has 0 saturated heterocycles. The second-order valence-corrected chi connectivity index (χ2v) is 5.28. The third-order valence-electron chi connectivity index (χ3n) is 3.41. The number of aromatic nitrogens is 2. The molecule has 1 aromatic heterocycles. The third kappa shape index (κ3) is 4.62. The lowest BCUT2D eigenvalue weighted by Crippen LogP contribution is -2.20. The van der Waals surface area contributed by atoms with Gasteiger partial charge in [-0.2, -0.15) is 5.10 Å². The van der Waals surface area contributed by atoms with E-state index in [0.29, 0.717) is 0 Å². The van der Waals surface area contributed by atoms with E-state index in [1.54, 1.807) is 0 Å². The molecule has 0 aliphatic rings. The Hall–Kier alpha value is -0.870. The van der Waals surface area contributed by atoms with E-state index in [4.69, 9.17) is 5.10 Å². The summed E-state index contributed by atoms with van der Waals surface area (Å²) in [5.41, 5.74) is 4.10. The summed E-state index contributed by atoms with van der Waals surface area (Å²) >= 11 is 0. The predicted octanol–water partition coefficient (Wildman–Crippen LogP) is 2.07. The molecule has 0 aliphatic carbocycles. The molecule has 0 atom stereocenters. The van der Waals surface area contributed by atoms with Gasteiger partial charge in [0.1, 0.15) is 0 Å². The van der Waals surface area contributed by atoms with Crippen molar-refractivity contribution in [1.82, 2.24) is 20.0 Å². The van der Waals surface area contributed by atoms with Crippen LogP contribution >= 0.6 is 0 Å². The summed E-state index contributed by atoms with van der Waals surface area (Å²) < 4.78 is 2.21. The summed E-state index contributed by atoms with van der Waals surface area (Å²) in [5, 5.41) is 8.32. The molecule has 0 spiro atoms. The van der Waals surface area contributed by atoms with Crippen LogP contribution in [0.15, 0.2) is 0 Å². The summed E-state index contributed by atoms with van der Waals surface area (Å²) in [4.78, 5) is 2.21. The van der Waals surface area contributed by atoms with Gasteiger partial charge in [0.2, 0.25) is 0 Å². The predicted molar refractivity (Wildman–Crippen MR) is 81.5 cm³/mol. The topological polar surface area (TPSA) is 33.1 Å². The summed E-state index contributed by atoms with van der Waals surface area (Å²) in [6, 6.07) is 0. The molecule has 4 heteroatoms. The van der Waals surface area contributed by atoms with Crippen molar-refractivity contribution in [2.75, 3.05) is 27.2 Å². The molecule has 0 aliphatic heterocycles. The van der Waals surface area contributed by atoms with Gasteiger partial charge in [-0.05, 0) is 39.9 Å². The minimum Gasteiger partial charge on any atom is -0.313 e. The summed E-state index contributed by atoms with van der Waals surface area (Å²) in [6.07, 6.45) is 3.26. The number of hydrogen-bond donors (Lipinski definition) is 1. The van der Waals surface area contributed by atoms with Gasteiger partial charge in [-0.1, -0.05) is 20.8 Å². The maximum Gasteiger partial charge on any atom is 0.0669 e. The molecular formula is C15H30N4. The fourth-order valence-corrected chi connectivity index (χ4v) is 2.34. The van der Waals surface area contributed by atoms with Crippen molar-refractivity contribution in [1.29, 1.82) is 0 Å². The zero-order valence-corrected chi connectivity index (χ0v) is 13.3. The first-order chi connectivity index (χ1) is 9.13. The number of hydrogen-bond acceptors (Lipinski definition) is 3. The Balaban J connectivity index is 2.86. The van der Waals surface area contributed by atoms with Crippen LogP contribution in [0.4, 0.5) is 0 Å². The number of likely N-dealkylation sites (N-methyl/N-ethyl adjacent to an activating group) is 1. The summed E-state index contributed by atoms with van der Waals surface area (Å²) in [7, 11) is 4.22. The number of rotatable bonds is 9. The highest BCUT2D eigenvalue weighted by Crippen LogP contribution is 2.16. The Bertz CT molecular complexity index is 368. The Kier molecular flexibility index (Phi) is 7.10. The first-order valence-corrected chi connectivity index (χ1v) is 7.56. The lowest BCUT2D eigenvalue weighted by Gasteiger charge is -2.12. The van der Waals surface area contributed by atoms with Crippen LogP contribution in [0.25, 0.3) is 0 Å². The molecular weight excluding hydrogens is 236 g/mol. The van der Waals surface area contributed by atoms with E-state index < -0.39 is 0 Å². The van der Waals surface area contributed by atoms with Gasteiger partial charge in [0, 0.05) is 24.3 Å². The van der Waals surface area contributed by atoms with Gasteiger partial charge in [-0.3, -0.25) is 4.68 Å². The van der Waals surface area contributed by atoms with E-state index in [1.165, 1.54) is 23.4 Å². The number of nitrogens with zero attached hydrogens (tertiary/aromatic N) is 3. The minimum atomic E-state index is 0.960. The molecule has 110 valence electrons. The molecule has 0 bridgehead atoms. The molecule has 19 heavy (non-hydrogen) atoms. The van der Waals surface area contributed by atoms with Crippen molar-refractivity contribution in [2.45, 2.75) is 53.1 Å². The normalized spacial score (nSPS) is 11.5. The minimum absolute atomic E-state index is 0.960. The summed E-state index contributed by atoms with van der Waals surface area (Å²) in [5.74, 6) is 0. The van der Waals surface area contributed by atoms with Crippen molar-refractivity contribution >= 4 is 0 Å². The van der Waals surface area contributed by atoms with Gasteiger partial charge in [0.15, 0.2) is 0 Å². The van der Waals surface area contributed by atoms with Gasteiger partial charge in [0.25, 0.3) is 0 Å². The first kappa shape index (κ1) is 16.2. The van der Waals surface area contributed by atoms with Crippen LogP contribution in [-0.4, -0.2) is 41.9 Å². The molecule has 0 fully saturated rings. The van der Waals surface area contributed by atoms with Crippen LogP contribution in [0.5, 0.6) is 0 Å². The molecule has 1 heterocycles. The molecule has 0 aromatic carbocycles. The van der Waals surface area contributed by atoms with Crippen LogP contribution in [0, 0.1) is 0 Å². The van der Waals surface area contributed by atoms with Crippen LogP contribution in [0.1, 0.15) is 44.1 Å². The lowest BCUT2D eigenvalue weighted by molar-refractivity contribution is 0.369. The maximum absolute atomic E-state index is 4.80. The maximum atomic E-state index is 4.80. The average Bonchev–Trinajstić information content (AvgIpc) is 2.73. The Morgan fingerprint density at radius 2 is 1.89 bits per heavy atom. The standard InChI is InChI=1S/C15H30N4/c1-6-9-16-12-13-14(7-2)17-19(15(13)8-3)11-10-18(4)5/h16H,6-12H2,1-5H3. The Morgan fingerprint density at radius 3 is 2.42 bits per heavy atom. The van der Waals surface area contributed by atoms with Gasteiger partial charge in [-0.25, -0.2) is 0 Å². The molecule has 1 rings (SSSR count). The number of aryl methyl sites for hydroxylation is 1. The highest BCUT2D eigenvalue weighted by Gasteiger charge is 2.14. The van der Waals surface area contributed by atoms with Crippen molar-refractivity contribution in [3.63, 3.8) is 0 Å². The fraction of sp³-hybridized carbons (Fsp3) is 0.800. The van der Waals surface area contributed by atoms with Crippen molar-refractivity contribution in [3.05, 3.63) is 17.0 Å². The second kappa shape index (κ2) is 8.33. The molecule has 0 unspecified atom stereocenters. The van der Waals surface area contributed by atoms with Crippen LogP contribution in [-0.2, 0) is 25.9 Å². The molecule has 0 saturated carbocycles. The van der Waals surface area contributed by atoms with Crippen molar-refractivity contribution < 1.29 is 0 Å². The van der Waals surface area contributed by atoms with Crippen LogP contribution in [0.3, 0.4) is 0 Å². The van der Waals surface area contributed by atoms with Crippen molar-refractivity contribution in [3.8, 4) is 0 Å². The van der Waals surface area contributed by atoms with Gasteiger partial charge in [-0.15, -0.1) is 0 Å². The van der Waals surface area contributed by atoms with E-state index in [1.807, 2.05) is 0 Å². The third-order valence-corrected chi connectivity index (χ3v) is 3.41. The zero-order chi connectivity index (χ0) is 14.3. The SMILES string of the molecule is CCCNCc1c(CC)nn(CCN(C)C)c1CC. The van der Waals surface area contributed by atoms with Gasteiger partial charge >= 0.3 is 0 Å². The Morgan fingerprint density at radius 1 is 1.16 bits per heavy atom. The van der Waals surface area contributed by atoms with Crippen molar-refractivity contribution in [2.24, 2.45) is 0 Å². The highest BCUT2D eigenvalue weighted by atomic mass is 15.3. The molecule has 4 nitrogen and oxygen atoms in total. The molecule has 1 aromatic rings. The van der Waals surface area contributed by atoms with Crippen LogP contribution in [0.2, 0.25) is 0 Å². The molecule has 0 radical (unpaired) electrons. The van der Waals surface area contributed by atoms with E-state index in [-0.39, 0.29) is 0 Å². The van der Waals surface area contributed by atoms with Gasteiger partial charge < -0.3 is 10.2 Å². The average molecular weight is 266 g/mol. The van der Waals surface area contributed by atoms with Gasteiger partial charge in [0.05, 0.1) is 12.2 Å². The van der Waals surface area contributed by atoms with Crippen LogP contribution < -0.4 is 5.32 Å². The first-order valence-electron chi connectivity index (χ1n) is 7.56. The monoisotopic (exact) mass is 266 g/mol. The fourth-order valence-electron chi connectivity index (χ4n) is 2.34. The zero-order valence-electron chi connectivity index (χ0n) is 13.3. The summed E-state index contributed by atoms with van der Waals surface area (Å²) in [6.45, 7) is 10.7. The largest absolute Gasteiger partial charge is 0.313 e. The van der Waals surface area contributed by atoms with E-state index >= 15 is 0 Å². The highest BCUT2D eigenvalue weighted by molar-refractivity contribution is 5.26. The number of nitrogens with one attached hydrogen (secondary N) is 1. The Labute approximate surface area is 118 Å². The molecule has 0 amide bonds. The van der Waals surface area contributed by atoms with E-state index in [0.717, 1.165) is 39.0 Å². The lowest BCUT2D eigenvalue weighted by atomic mass is 10.1. The quantitative estimate of drug-likeness (QED) is 0.695.